The number of benzene rings is 3. The molecule has 36 heavy (non-hydrogen) atoms. The van der Waals surface area contributed by atoms with Crippen LogP contribution < -0.4 is 28.4 Å². The molecule has 0 saturated carbocycles. The molecule has 0 fully saturated rings. The van der Waals surface area contributed by atoms with Crippen molar-refractivity contribution in [1.29, 1.82) is 0 Å². The fourth-order valence-corrected chi connectivity index (χ4v) is 3.62. The fourth-order valence-electron chi connectivity index (χ4n) is 3.62. The molecule has 0 heterocycles. The molecule has 190 valence electrons. The van der Waals surface area contributed by atoms with Crippen LogP contribution in [0.3, 0.4) is 0 Å². The van der Waals surface area contributed by atoms with E-state index in [-0.39, 0.29) is 0 Å². The maximum Gasteiger partial charge on any atom is 0.203 e. The number of methoxy groups -OCH3 is 5. The van der Waals surface area contributed by atoms with Gasteiger partial charge in [0.2, 0.25) is 5.75 Å². The summed E-state index contributed by atoms with van der Waals surface area (Å²) in [7, 11) is 8.11. The molecule has 0 radical (unpaired) electrons. The first-order chi connectivity index (χ1) is 17.6. The lowest BCUT2D eigenvalue weighted by Gasteiger charge is -2.13. The highest BCUT2D eigenvalue weighted by Crippen LogP contribution is 2.38. The molecular weight excluding hydrogens is 456 g/mol. The average molecular weight is 491 g/mol. The second-order valence-electron chi connectivity index (χ2n) is 7.87. The van der Waals surface area contributed by atoms with Gasteiger partial charge in [0.05, 0.1) is 42.2 Å². The Balaban J connectivity index is 1.61. The average Bonchev–Trinajstić information content (AvgIpc) is 2.93. The highest BCUT2D eigenvalue weighted by atomic mass is 16.5. The first-order valence-corrected chi connectivity index (χ1v) is 11.7. The van der Waals surface area contributed by atoms with Crippen LogP contribution in [0.4, 0.5) is 0 Å². The summed E-state index contributed by atoms with van der Waals surface area (Å²) in [6, 6.07) is 17.7. The van der Waals surface area contributed by atoms with Gasteiger partial charge in [-0.15, -0.1) is 0 Å². The predicted molar refractivity (Wildman–Crippen MR) is 145 cm³/mol. The number of rotatable bonds is 13. The monoisotopic (exact) mass is 490 g/mol. The highest BCUT2D eigenvalue weighted by Gasteiger charge is 2.12. The van der Waals surface area contributed by atoms with E-state index in [4.69, 9.17) is 28.4 Å². The summed E-state index contributed by atoms with van der Waals surface area (Å²) in [6.07, 6.45) is 10.1. The van der Waals surface area contributed by atoms with Crippen molar-refractivity contribution in [1.82, 2.24) is 0 Å². The Morgan fingerprint density at radius 1 is 0.556 bits per heavy atom. The number of ether oxygens (including phenoxy) is 6. The highest BCUT2D eigenvalue weighted by molar-refractivity contribution is 5.73. The van der Waals surface area contributed by atoms with Crippen LogP contribution in [0.25, 0.3) is 18.2 Å². The molecule has 0 aliphatic heterocycles. The van der Waals surface area contributed by atoms with Crippen LogP contribution in [0.1, 0.15) is 29.5 Å². The van der Waals surface area contributed by atoms with Crippen molar-refractivity contribution in [2.45, 2.75) is 12.8 Å². The molecule has 0 bridgehead atoms. The number of unbranched alkanes of at least 4 members (excludes halogenated alkanes) is 1. The lowest BCUT2D eigenvalue weighted by Crippen LogP contribution is -1.99. The van der Waals surface area contributed by atoms with Gasteiger partial charge in [-0.1, -0.05) is 42.5 Å². The summed E-state index contributed by atoms with van der Waals surface area (Å²) >= 11 is 0. The van der Waals surface area contributed by atoms with Crippen LogP contribution >= 0.6 is 0 Å². The fraction of sp³-hybridized carbons (Fsp3) is 0.267. The van der Waals surface area contributed by atoms with Crippen molar-refractivity contribution in [2.75, 3.05) is 42.2 Å². The summed E-state index contributed by atoms with van der Waals surface area (Å²) in [5.74, 6) is 4.05. The van der Waals surface area contributed by atoms with Gasteiger partial charge in [0, 0.05) is 0 Å². The molecule has 0 atom stereocenters. The smallest absolute Gasteiger partial charge is 0.203 e. The Morgan fingerprint density at radius 3 is 1.78 bits per heavy atom. The molecule has 0 aromatic heterocycles. The van der Waals surface area contributed by atoms with Crippen LogP contribution in [-0.4, -0.2) is 42.2 Å². The van der Waals surface area contributed by atoms with Crippen LogP contribution in [-0.2, 0) is 0 Å². The Hall–Kier alpha value is -4.06. The Labute approximate surface area is 213 Å². The van der Waals surface area contributed by atoms with E-state index in [1.165, 1.54) is 0 Å². The molecule has 3 aromatic carbocycles. The van der Waals surface area contributed by atoms with Gasteiger partial charge in [0.1, 0.15) is 5.75 Å². The first-order valence-electron chi connectivity index (χ1n) is 11.7. The van der Waals surface area contributed by atoms with Crippen LogP contribution in [0.15, 0.2) is 60.7 Å². The number of hydrogen-bond acceptors (Lipinski definition) is 6. The topological polar surface area (TPSA) is 55.4 Å². The molecule has 0 unspecified atom stereocenters. The zero-order valence-corrected chi connectivity index (χ0v) is 21.6. The van der Waals surface area contributed by atoms with Crippen molar-refractivity contribution < 1.29 is 28.4 Å². The van der Waals surface area contributed by atoms with Gasteiger partial charge in [-0.3, -0.25) is 0 Å². The summed E-state index contributed by atoms with van der Waals surface area (Å²) in [4.78, 5) is 0. The maximum absolute atomic E-state index is 6.04. The minimum absolute atomic E-state index is 0.566. The van der Waals surface area contributed by atoms with Crippen molar-refractivity contribution >= 4 is 18.2 Å². The molecule has 0 amide bonds. The third-order valence-corrected chi connectivity index (χ3v) is 5.54. The van der Waals surface area contributed by atoms with Gasteiger partial charge in [0.15, 0.2) is 23.0 Å². The zero-order valence-electron chi connectivity index (χ0n) is 21.6. The standard InChI is InChI=1S/C30H34O6/c1-31-25-15-12-22(13-16-25)9-7-6-8-18-36-27-19-23(14-17-26(27)32-2)10-11-24-20-28(33-3)30(35-5)29(21-24)34-4/h7,9-17,19-21H,6,8,18H2,1-5H3/b9-7+,11-10-. The molecule has 6 nitrogen and oxygen atoms in total. The number of allylic oxidation sites excluding steroid dienone is 1. The van der Waals surface area contributed by atoms with Gasteiger partial charge < -0.3 is 28.4 Å². The third kappa shape index (κ3) is 7.22. The van der Waals surface area contributed by atoms with E-state index < -0.39 is 0 Å². The van der Waals surface area contributed by atoms with E-state index in [9.17, 15) is 0 Å². The number of hydrogen-bond donors (Lipinski definition) is 0. The van der Waals surface area contributed by atoms with Gasteiger partial charge in [0.25, 0.3) is 0 Å². The molecule has 3 aromatic rings. The molecule has 0 spiro atoms. The lowest BCUT2D eigenvalue weighted by atomic mass is 10.1. The second kappa shape index (κ2) is 13.7. The maximum atomic E-state index is 6.04. The van der Waals surface area contributed by atoms with E-state index in [0.29, 0.717) is 35.4 Å². The molecular formula is C30H34O6. The van der Waals surface area contributed by atoms with Crippen LogP contribution in [0, 0.1) is 0 Å². The molecule has 3 rings (SSSR count). The van der Waals surface area contributed by atoms with E-state index in [2.05, 4.69) is 12.2 Å². The lowest BCUT2D eigenvalue weighted by molar-refractivity contribution is 0.290. The molecule has 0 aliphatic rings. The van der Waals surface area contributed by atoms with Crippen LogP contribution in [0.5, 0.6) is 34.5 Å². The Kier molecular flexibility index (Phi) is 10.1. The largest absolute Gasteiger partial charge is 0.497 e. The molecule has 0 saturated heterocycles. The Bertz CT molecular complexity index is 1140. The van der Waals surface area contributed by atoms with Crippen molar-refractivity contribution in [3.63, 3.8) is 0 Å². The summed E-state index contributed by atoms with van der Waals surface area (Å²) in [6.45, 7) is 0.587. The summed E-state index contributed by atoms with van der Waals surface area (Å²) < 4.78 is 33.0. The molecule has 0 aliphatic carbocycles. The summed E-state index contributed by atoms with van der Waals surface area (Å²) in [5, 5.41) is 0. The minimum atomic E-state index is 0.566. The predicted octanol–water partition coefficient (Wildman–Crippen LogP) is 6.77. The third-order valence-electron chi connectivity index (χ3n) is 5.54. The quantitative estimate of drug-likeness (QED) is 0.195. The second-order valence-corrected chi connectivity index (χ2v) is 7.87. The summed E-state index contributed by atoms with van der Waals surface area (Å²) in [5.41, 5.74) is 3.05. The van der Waals surface area contributed by atoms with E-state index in [1.54, 1.807) is 35.5 Å². The minimum Gasteiger partial charge on any atom is -0.497 e. The normalized spacial score (nSPS) is 11.0. The van der Waals surface area contributed by atoms with E-state index >= 15 is 0 Å². The van der Waals surface area contributed by atoms with E-state index in [0.717, 1.165) is 35.3 Å². The van der Waals surface area contributed by atoms with E-state index in [1.807, 2.05) is 66.7 Å². The molecule has 6 heteroatoms. The van der Waals surface area contributed by atoms with Gasteiger partial charge in [-0.25, -0.2) is 0 Å². The van der Waals surface area contributed by atoms with Crippen molar-refractivity contribution in [2.24, 2.45) is 0 Å². The molecule has 0 N–H and O–H groups in total. The van der Waals surface area contributed by atoms with Crippen molar-refractivity contribution in [3.8, 4) is 34.5 Å². The SMILES string of the molecule is COc1ccc(/C=C/CCCOc2cc(/C=C\c3cc(OC)c(OC)c(OC)c3)ccc2OC)cc1. The van der Waals surface area contributed by atoms with Crippen LogP contribution in [0.2, 0.25) is 0 Å². The van der Waals surface area contributed by atoms with Gasteiger partial charge in [-0.2, -0.15) is 0 Å². The first kappa shape index (κ1) is 26.5. The van der Waals surface area contributed by atoms with Gasteiger partial charge in [-0.05, 0) is 65.9 Å². The zero-order chi connectivity index (χ0) is 25.8. The van der Waals surface area contributed by atoms with Gasteiger partial charge >= 0.3 is 0 Å². The van der Waals surface area contributed by atoms with Crippen molar-refractivity contribution in [3.05, 3.63) is 77.4 Å². The Morgan fingerprint density at radius 2 is 1.17 bits per heavy atom.